The number of fused-ring (bicyclic) bond motifs is 1. The lowest BCUT2D eigenvalue weighted by Crippen LogP contribution is -2.08. The molecule has 1 saturated carbocycles. The summed E-state index contributed by atoms with van der Waals surface area (Å²) >= 11 is 0. The van der Waals surface area contributed by atoms with Crippen molar-refractivity contribution in [2.24, 2.45) is 11.8 Å². The molecule has 136 valence electrons. The van der Waals surface area contributed by atoms with E-state index in [4.69, 9.17) is 4.74 Å². The Morgan fingerprint density at radius 3 is 2.81 bits per heavy atom. The van der Waals surface area contributed by atoms with Crippen molar-refractivity contribution in [1.82, 2.24) is 19.6 Å². The van der Waals surface area contributed by atoms with Gasteiger partial charge in [-0.15, -0.1) is 0 Å². The third-order valence-corrected chi connectivity index (χ3v) is 5.13. The fourth-order valence-electron chi connectivity index (χ4n) is 3.45. The monoisotopic (exact) mass is 351 g/mol. The van der Waals surface area contributed by atoms with Crippen molar-refractivity contribution in [3.8, 4) is 5.75 Å². The van der Waals surface area contributed by atoms with Crippen LogP contribution >= 0.6 is 0 Å². The van der Waals surface area contributed by atoms with E-state index < -0.39 is 0 Å². The van der Waals surface area contributed by atoms with Crippen LogP contribution in [-0.2, 0) is 6.42 Å². The zero-order valence-corrected chi connectivity index (χ0v) is 15.8. The molecule has 26 heavy (non-hydrogen) atoms. The molecule has 6 nitrogen and oxygen atoms in total. The molecule has 4 rings (SSSR count). The van der Waals surface area contributed by atoms with Crippen molar-refractivity contribution < 1.29 is 4.74 Å². The van der Waals surface area contributed by atoms with Gasteiger partial charge in [0, 0.05) is 5.56 Å². The molecule has 3 aromatic rings. The van der Waals surface area contributed by atoms with E-state index in [1.54, 1.807) is 11.6 Å². The van der Waals surface area contributed by atoms with E-state index in [1.165, 1.54) is 18.4 Å². The molecule has 1 aliphatic rings. The number of nitrogens with one attached hydrogen (secondary N) is 1. The molecule has 1 atom stereocenters. The Balaban J connectivity index is 1.70. The van der Waals surface area contributed by atoms with E-state index >= 15 is 0 Å². The van der Waals surface area contributed by atoms with Crippen molar-refractivity contribution in [2.75, 3.05) is 12.4 Å². The van der Waals surface area contributed by atoms with Gasteiger partial charge in [-0.1, -0.05) is 13.0 Å². The van der Waals surface area contributed by atoms with E-state index in [9.17, 15) is 0 Å². The van der Waals surface area contributed by atoms with Gasteiger partial charge in [-0.3, -0.25) is 0 Å². The predicted octanol–water partition coefficient (Wildman–Crippen LogP) is 4.08. The van der Waals surface area contributed by atoms with Crippen LogP contribution in [0.3, 0.4) is 0 Å². The fraction of sp³-hybridized carbons (Fsp3) is 0.450. The molecule has 1 aromatic carbocycles. The summed E-state index contributed by atoms with van der Waals surface area (Å²) in [7, 11) is 1.67. The van der Waals surface area contributed by atoms with Gasteiger partial charge < -0.3 is 10.1 Å². The molecule has 1 aliphatic carbocycles. The minimum absolute atomic E-state index is 0.653. The molecule has 2 heterocycles. The smallest absolute Gasteiger partial charge is 0.232 e. The van der Waals surface area contributed by atoms with Crippen LogP contribution in [-0.4, -0.2) is 26.7 Å². The predicted molar refractivity (Wildman–Crippen MR) is 102 cm³/mol. The summed E-state index contributed by atoms with van der Waals surface area (Å²) in [4.78, 5) is 9.20. The summed E-state index contributed by atoms with van der Waals surface area (Å²) < 4.78 is 7.29. The number of methoxy groups -OCH3 is 1. The number of ether oxygens (including phenoxy) is 1. The average molecular weight is 351 g/mol. The Hall–Kier alpha value is -2.63. The van der Waals surface area contributed by atoms with E-state index in [0.29, 0.717) is 11.9 Å². The van der Waals surface area contributed by atoms with Crippen molar-refractivity contribution in [3.63, 3.8) is 0 Å². The van der Waals surface area contributed by atoms with Crippen LogP contribution in [0.1, 0.15) is 36.7 Å². The topological polar surface area (TPSA) is 64.3 Å². The van der Waals surface area contributed by atoms with E-state index in [-0.39, 0.29) is 0 Å². The number of anilines is 2. The number of aryl methyl sites for hydroxylation is 2. The fourth-order valence-corrected chi connectivity index (χ4v) is 3.45. The normalized spacial score (nSPS) is 15.2. The van der Waals surface area contributed by atoms with Crippen LogP contribution in [0.25, 0.3) is 5.65 Å². The number of hydrogen-bond acceptors (Lipinski definition) is 5. The van der Waals surface area contributed by atoms with Crippen molar-refractivity contribution in [1.29, 1.82) is 0 Å². The second-order valence-electron chi connectivity index (χ2n) is 7.35. The summed E-state index contributed by atoms with van der Waals surface area (Å²) in [6.45, 7) is 6.28. The highest BCUT2D eigenvalue weighted by Crippen LogP contribution is 2.38. The highest BCUT2D eigenvalue weighted by Gasteiger charge is 2.28. The maximum Gasteiger partial charge on any atom is 0.232 e. The third-order valence-electron chi connectivity index (χ3n) is 5.13. The van der Waals surface area contributed by atoms with E-state index in [2.05, 4.69) is 27.3 Å². The van der Waals surface area contributed by atoms with Gasteiger partial charge in [-0.25, -0.2) is 4.98 Å². The van der Waals surface area contributed by atoms with Crippen LogP contribution < -0.4 is 10.1 Å². The lowest BCUT2D eigenvalue weighted by molar-refractivity contribution is 0.416. The molecule has 0 amide bonds. The summed E-state index contributed by atoms with van der Waals surface area (Å²) in [6, 6.07) is 6.04. The molecule has 0 aliphatic heterocycles. The Labute approximate surface area is 153 Å². The zero-order valence-electron chi connectivity index (χ0n) is 15.8. The quantitative estimate of drug-likeness (QED) is 0.725. The van der Waals surface area contributed by atoms with Gasteiger partial charge in [0.25, 0.3) is 0 Å². The minimum Gasteiger partial charge on any atom is -0.495 e. The highest BCUT2D eigenvalue weighted by atomic mass is 16.5. The van der Waals surface area contributed by atoms with Gasteiger partial charge in [0.2, 0.25) is 5.95 Å². The molecule has 0 bridgehead atoms. The minimum atomic E-state index is 0.653. The maximum atomic E-state index is 5.50. The molecule has 0 spiro atoms. The molecule has 2 aromatic heterocycles. The van der Waals surface area contributed by atoms with Gasteiger partial charge in [0.05, 0.1) is 19.0 Å². The molecule has 6 heteroatoms. The summed E-state index contributed by atoms with van der Waals surface area (Å²) in [5, 5.41) is 7.91. The first-order valence-electron chi connectivity index (χ1n) is 9.18. The van der Waals surface area contributed by atoms with Crippen LogP contribution in [0.2, 0.25) is 0 Å². The number of benzene rings is 1. The molecule has 1 N–H and O–H groups in total. The van der Waals surface area contributed by atoms with Gasteiger partial charge in [0.15, 0.2) is 5.65 Å². The van der Waals surface area contributed by atoms with Gasteiger partial charge in [0.1, 0.15) is 11.6 Å². The zero-order chi connectivity index (χ0) is 18.3. The first kappa shape index (κ1) is 16.8. The van der Waals surface area contributed by atoms with E-state index in [0.717, 1.165) is 40.8 Å². The summed E-state index contributed by atoms with van der Waals surface area (Å²) in [5.74, 6) is 3.70. The Morgan fingerprint density at radius 1 is 1.27 bits per heavy atom. The summed E-state index contributed by atoms with van der Waals surface area (Å²) in [5.41, 5.74) is 4.08. The average Bonchev–Trinajstić information content (AvgIpc) is 3.40. The van der Waals surface area contributed by atoms with Crippen molar-refractivity contribution in [3.05, 3.63) is 41.3 Å². The second kappa shape index (κ2) is 6.59. The maximum absolute atomic E-state index is 5.50. The Kier molecular flexibility index (Phi) is 4.26. The number of aromatic nitrogens is 4. The Morgan fingerprint density at radius 2 is 2.08 bits per heavy atom. The third kappa shape index (κ3) is 3.23. The molecular weight excluding hydrogens is 326 g/mol. The largest absolute Gasteiger partial charge is 0.495 e. The molecule has 0 radical (unpaired) electrons. The Bertz CT molecular complexity index is 945. The number of nitrogens with zero attached hydrogens (tertiary/aromatic N) is 4. The van der Waals surface area contributed by atoms with Crippen molar-refractivity contribution in [2.45, 2.75) is 40.0 Å². The van der Waals surface area contributed by atoms with Gasteiger partial charge in [-0.05, 0) is 62.6 Å². The first-order chi connectivity index (χ1) is 12.5. The highest BCUT2D eigenvalue weighted by molar-refractivity contribution is 5.65. The second-order valence-corrected chi connectivity index (χ2v) is 7.35. The van der Waals surface area contributed by atoms with Crippen LogP contribution in [0, 0.1) is 25.7 Å². The molecule has 1 unspecified atom stereocenters. The number of rotatable bonds is 6. The van der Waals surface area contributed by atoms with Crippen LogP contribution in [0.15, 0.2) is 24.4 Å². The van der Waals surface area contributed by atoms with E-state index in [1.807, 2.05) is 38.2 Å². The van der Waals surface area contributed by atoms with Crippen LogP contribution in [0.5, 0.6) is 5.75 Å². The van der Waals surface area contributed by atoms with Gasteiger partial charge >= 0.3 is 0 Å². The molecule has 1 fully saturated rings. The SMILES string of the molecule is COc1cc(C)ccc1Nc1nc(C)nc2c(CC(C)C3CC3)cnn12. The number of hydrogen-bond donors (Lipinski definition) is 1. The standard InChI is InChI=1S/C20H25N5O/c1-12-5-8-17(18(9-12)26-4)24-20-23-14(3)22-19-16(11-21-25(19)20)10-13(2)15-6-7-15/h5,8-9,11,13,15H,6-7,10H2,1-4H3,(H,22,23,24). The first-order valence-corrected chi connectivity index (χ1v) is 9.18. The lowest BCUT2D eigenvalue weighted by Gasteiger charge is -2.13. The van der Waals surface area contributed by atoms with Gasteiger partial charge in [-0.2, -0.15) is 14.6 Å². The molecule has 0 saturated heterocycles. The van der Waals surface area contributed by atoms with Crippen LogP contribution in [0.4, 0.5) is 11.6 Å². The lowest BCUT2D eigenvalue weighted by atomic mass is 9.98. The van der Waals surface area contributed by atoms with Crippen molar-refractivity contribution >= 4 is 17.3 Å². The molecular formula is C20H25N5O. The summed E-state index contributed by atoms with van der Waals surface area (Å²) in [6.07, 6.45) is 5.65.